The van der Waals surface area contributed by atoms with Crippen LogP contribution in [0.25, 0.3) is 0 Å². The van der Waals surface area contributed by atoms with Crippen LogP contribution < -0.4 is 4.74 Å². The van der Waals surface area contributed by atoms with Crippen LogP contribution in [-0.4, -0.2) is 48.1 Å². The lowest BCUT2D eigenvalue weighted by atomic mass is 9.96. The molecule has 1 aliphatic heterocycles. The smallest absolute Gasteiger partial charge is 0.309 e. The Hall–Kier alpha value is -2.11. The Morgan fingerprint density at radius 3 is 2.64 bits per heavy atom. The first kappa shape index (κ1) is 16.3. The fourth-order valence-corrected chi connectivity index (χ4v) is 2.55. The molecule has 1 amide bonds. The summed E-state index contributed by atoms with van der Waals surface area (Å²) >= 11 is 0. The van der Waals surface area contributed by atoms with Crippen molar-refractivity contribution in [2.75, 3.05) is 26.3 Å². The molecule has 0 spiro atoms. The largest absolute Gasteiger partial charge is 0.477 e. The highest BCUT2D eigenvalue weighted by Crippen LogP contribution is 2.23. The molecular weight excluding hydrogens is 284 g/mol. The van der Waals surface area contributed by atoms with E-state index in [1.807, 2.05) is 6.92 Å². The molecule has 0 bridgehead atoms. The van der Waals surface area contributed by atoms with Crippen molar-refractivity contribution in [3.8, 4) is 5.88 Å². The van der Waals surface area contributed by atoms with Gasteiger partial charge in [-0.25, -0.2) is 4.98 Å². The van der Waals surface area contributed by atoms with Crippen LogP contribution in [0.15, 0.2) is 18.3 Å². The van der Waals surface area contributed by atoms with Crippen molar-refractivity contribution in [2.45, 2.75) is 26.7 Å². The van der Waals surface area contributed by atoms with Crippen LogP contribution in [-0.2, 0) is 9.53 Å². The number of amides is 1. The van der Waals surface area contributed by atoms with Gasteiger partial charge in [-0.1, -0.05) is 0 Å². The van der Waals surface area contributed by atoms with Crippen molar-refractivity contribution >= 4 is 11.9 Å². The summed E-state index contributed by atoms with van der Waals surface area (Å²) in [5, 5.41) is 0. The summed E-state index contributed by atoms with van der Waals surface area (Å²) in [6, 6.07) is 3.44. The van der Waals surface area contributed by atoms with Crippen LogP contribution >= 0.6 is 0 Å². The van der Waals surface area contributed by atoms with Crippen LogP contribution in [0.5, 0.6) is 5.88 Å². The van der Waals surface area contributed by atoms with E-state index in [4.69, 9.17) is 9.47 Å². The third-order valence-electron chi connectivity index (χ3n) is 3.68. The van der Waals surface area contributed by atoms with Gasteiger partial charge in [-0.15, -0.1) is 0 Å². The number of esters is 1. The van der Waals surface area contributed by atoms with Gasteiger partial charge in [0.2, 0.25) is 5.88 Å². The maximum absolute atomic E-state index is 12.6. The molecule has 1 aromatic heterocycles. The summed E-state index contributed by atoms with van der Waals surface area (Å²) in [5.41, 5.74) is 0.471. The molecule has 0 saturated carbocycles. The van der Waals surface area contributed by atoms with Crippen molar-refractivity contribution in [1.82, 2.24) is 9.88 Å². The number of ether oxygens (including phenoxy) is 2. The van der Waals surface area contributed by atoms with Crippen LogP contribution in [0.2, 0.25) is 0 Å². The molecule has 1 fully saturated rings. The lowest BCUT2D eigenvalue weighted by Gasteiger charge is -2.31. The number of nitrogens with zero attached hydrogens (tertiary/aromatic N) is 2. The Balaban J connectivity index is 1.99. The van der Waals surface area contributed by atoms with E-state index in [9.17, 15) is 9.59 Å². The molecule has 0 atom stereocenters. The van der Waals surface area contributed by atoms with Gasteiger partial charge in [0.25, 0.3) is 5.91 Å². The van der Waals surface area contributed by atoms with Crippen LogP contribution in [0.4, 0.5) is 0 Å². The van der Waals surface area contributed by atoms with Crippen molar-refractivity contribution < 1.29 is 19.1 Å². The summed E-state index contributed by atoms with van der Waals surface area (Å²) < 4.78 is 10.4. The minimum absolute atomic E-state index is 0.0983. The average Bonchev–Trinajstić information content (AvgIpc) is 2.55. The maximum atomic E-state index is 12.6. The number of piperidine rings is 1. The molecule has 2 heterocycles. The highest BCUT2D eigenvalue weighted by atomic mass is 16.5. The first-order valence-corrected chi connectivity index (χ1v) is 7.71. The summed E-state index contributed by atoms with van der Waals surface area (Å²) in [6.07, 6.45) is 2.87. The van der Waals surface area contributed by atoms with Gasteiger partial charge in [0.15, 0.2) is 0 Å². The van der Waals surface area contributed by atoms with Gasteiger partial charge in [-0.05, 0) is 38.8 Å². The Kier molecular flexibility index (Phi) is 5.75. The fourth-order valence-electron chi connectivity index (χ4n) is 2.55. The topological polar surface area (TPSA) is 68.7 Å². The van der Waals surface area contributed by atoms with E-state index in [1.54, 1.807) is 30.2 Å². The molecule has 0 aliphatic carbocycles. The number of hydrogen-bond donors (Lipinski definition) is 0. The second kappa shape index (κ2) is 7.77. The number of rotatable bonds is 5. The molecule has 1 aromatic rings. The Morgan fingerprint density at radius 1 is 1.27 bits per heavy atom. The minimum atomic E-state index is -0.161. The van der Waals surface area contributed by atoms with E-state index in [1.165, 1.54) is 0 Å². The lowest BCUT2D eigenvalue weighted by Crippen LogP contribution is -2.40. The minimum Gasteiger partial charge on any atom is -0.477 e. The quantitative estimate of drug-likeness (QED) is 0.777. The van der Waals surface area contributed by atoms with Gasteiger partial charge >= 0.3 is 5.97 Å². The van der Waals surface area contributed by atoms with Gasteiger partial charge < -0.3 is 14.4 Å². The zero-order valence-electron chi connectivity index (χ0n) is 13.1. The molecule has 0 N–H and O–H groups in total. The molecule has 0 unspecified atom stereocenters. The number of carbonyl (C=O) groups excluding carboxylic acids is 2. The van der Waals surface area contributed by atoms with E-state index in [0.29, 0.717) is 50.6 Å². The summed E-state index contributed by atoms with van der Waals surface area (Å²) in [4.78, 5) is 30.2. The molecule has 1 aliphatic rings. The Labute approximate surface area is 130 Å². The second-order valence-electron chi connectivity index (χ2n) is 5.11. The van der Waals surface area contributed by atoms with Gasteiger partial charge in [0.05, 0.1) is 19.1 Å². The molecule has 0 aromatic carbocycles. The molecule has 120 valence electrons. The molecule has 2 rings (SSSR count). The van der Waals surface area contributed by atoms with Crippen LogP contribution in [0.1, 0.15) is 37.0 Å². The first-order chi connectivity index (χ1) is 10.7. The van der Waals surface area contributed by atoms with Crippen LogP contribution in [0.3, 0.4) is 0 Å². The van der Waals surface area contributed by atoms with Crippen molar-refractivity contribution in [3.63, 3.8) is 0 Å². The monoisotopic (exact) mass is 306 g/mol. The molecule has 6 nitrogen and oxygen atoms in total. The van der Waals surface area contributed by atoms with E-state index in [2.05, 4.69) is 4.98 Å². The molecule has 0 radical (unpaired) electrons. The summed E-state index contributed by atoms with van der Waals surface area (Å²) in [5.74, 6) is -0.00313. The maximum Gasteiger partial charge on any atom is 0.309 e. The first-order valence-electron chi connectivity index (χ1n) is 7.71. The Bertz CT molecular complexity index is 525. The summed E-state index contributed by atoms with van der Waals surface area (Å²) in [6.45, 7) is 5.60. The van der Waals surface area contributed by atoms with E-state index in [-0.39, 0.29) is 17.8 Å². The fraction of sp³-hybridized carbons (Fsp3) is 0.562. The Morgan fingerprint density at radius 2 is 2.00 bits per heavy atom. The number of pyridine rings is 1. The highest BCUT2D eigenvalue weighted by molar-refractivity contribution is 5.96. The number of hydrogen-bond acceptors (Lipinski definition) is 5. The standard InChI is InChI=1S/C16H22N2O4/c1-3-21-14-13(6-5-9-17-14)15(19)18-10-7-12(8-11-18)16(20)22-4-2/h5-6,9,12H,3-4,7-8,10-11H2,1-2H3. The number of carbonyl (C=O) groups is 2. The van der Waals surface area contributed by atoms with Gasteiger partial charge in [0, 0.05) is 19.3 Å². The van der Waals surface area contributed by atoms with Crippen molar-refractivity contribution in [3.05, 3.63) is 23.9 Å². The lowest BCUT2D eigenvalue weighted by molar-refractivity contribution is -0.149. The normalized spacial score (nSPS) is 15.5. The molecule has 6 heteroatoms. The molecular formula is C16H22N2O4. The SMILES string of the molecule is CCOC(=O)C1CCN(C(=O)c2cccnc2OCC)CC1. The average molecular weight is 306 g/mol. The highest BCUT2D eigenvalue weighted by Gasteiger charge is 2.29. The second-order valence-corrected chi connectivity index (χ2v) is 5.11. The van der Waals surface area contributed by atoms with Crippen LogP contribution in [0, 0.1) is 5.92 Å². The van der Waals surface area contributed by atoms with E-state index >= 15 is 0 Å². The molecule has 1 saturated heterocycles. The van der Waals surface area contributed by atoms with E-state index < -0.39 is 0 Å². The zero-order valence-corrected chi connectivity index (χ0v) is 13.1. The zero-order chi connectivity index (χ0) is 15.9. The third kappa shape index (κ3) is 3.75. The van der Waals surface area contributed by atoms with E-state index in [0.717, 1.165) is 0 Å². The third-order valence-corrected chi connectivity index (χ3v) is 3.68. The van der Waals surface area contributed by atoms with Crippen molar-refractivity contribution in [1.29, 1.82) is 0 Å². The predicted molar refractivity (Wildman–Crippen MR) is 80.7 cm³/mol. The number of likely N-dealkylation sites (tertiary alicyclic amines) is 1. The summed E-state index contributed by atoms with van der Waals surface area (Å²) in [7, 11) is 0. The van der Waals surface area contributed by atoms with Crippen molar-refractivity contribution in [2.24, 2.45) is 5.92 Å². The number of aromatic nitrogens is 1. The predicted octanol–water partition coefficient (Wildman–Crippen LogP) is 1.90. The van der Waals surface area contributed by atoms with Gasteiger partial charge in [0.1, 0.15) is 5.56 Å². The van der Waals surface area contributed by atoms with Gasteiger partial charge in [-0.2, -0.15) is 0 Å². The molecule has 22 heavy (non-hydrogen) atoms. The van der Waals surface area contributed by atoms with Gasteiger partial charge in [-0.3, -0.25) is 9.59 Å².